The third-order valence-corrected chi connectivity index (χ3v) is 2.79. The average Bonchev–Trinajstić information content (AvgIpc) is 2.91. The highest BCUT2D eigenvalue weighted by Gasteiger charge is 2.12. The fraction of sp³-hybridized carbons (Fsp3) is 0.200. The number of rotatable bonds is 5. The number of Topliss-reactive ketones (excluding diaryl/α,β-unsaturated/α-hetero) is 1. The van der Waals surface area contributed by atoms with Gasteiger partial charge in [0.25, 0.3) is 5.91 Å². The number of aryl methyl sites for hydroxylation is 1. The van der Waals surface area contributed by atoms with Gasteiger partial charge in [0, 0.05) is 5.56 Å². The first-order chi connectivity index (χ1) is 9.60. The van der Waals surface area contributed by atoms with Gasteiger partial charge in [-0.3, -0.25) is 9.59 Å². The maximum absolute atomic E-state index is 11.9. The lowest BCUT2D eigenvalue weighted by Gasteiger charge is -2.04. The molecule has 0 aliphatic heterocycles. The quantitative estimate of drug-likeness (QED) is 0.848. The van der Waals surface area contributed by atoms with Crippen LogP contribution in [0.25, 0.3) is 0 Å². The van der Waals surface area contributed by atoms with Crippen molar-refractivity contribution in [3.63, 3.8) is 0 Å². The van der Waals surface area contributed by atoms with Crippen LogP contribution in [0.2, 0.25) is 0 Å². The van der Waals surface area contributed by atoms with E-state index in [1.807, 2.05) is 0 Å². The summed E-state index contributed by atoms with van der Waals surface area (Å²) in [7, 11) is 1.56. The molecule has 2 aromatic rings. The Morgan fingerprint density at radius 3 is 2.40 bits per heavy atom. The van der Waals surface area contributed by atoms with Gasteiger partial charge in [-0.15, -0.1) is 0 Å². The molecule has 5 nitrogen and oxygen atoms in total. The minimum atomic E-state index is -0.403. The molecule has 0 aliphatic carbocycles. The van der Waals surface area contributed by atoms with E-state index >= 15 is 0 Å². The minimum Gasteiger partial charge on any atom is -0.497 e. The van der Waals surface area contributed by atoms with Crippen LogP contribution in [-0.4, -0.2) is 25.3 Å². The molecular formula is C15H15NO4. The molecule has 0 fully saturated rings. The molecule has 104 valence electrons. The summed E-state index contributed by atoms with van der Waals surface area (Å²) in [6, 6.07) is 9.98. The van der Waals surface area contributed by atoms with Crippen molar-refractivity contribution in [2.45, 2.75) is 6.92 Å². The van der Waals surface area contributed by atoms with Gasteiger partial charge >= 0.3 is 0 Å². The molecule has 0 aliphatic rings. The van der Waals surface area contributed by atoms with Crippen molar-refractivity contribution < 1.29 is 18.7 Å². The van der Waals surface area contributed by atoms with Crippen LogP contribution < -0.4 is 10.1 Å². The first kappa shape index (κ1) is 13.9. The molecular weight excluding hydrogens is 258 g/mol. The smallest absolute Gasteiger partial charge is 0.287 e. The summed E-state index contributed by atoms with van der Waals surface area (Å²) in [6.45, 7) is 1.67. The van der Waals surface area contributed by atoms with Gasteiger partial charge in [0.15, 0.2) is 11.5 Å². The second-order valence-electron chi connectivity index (χ2n) is 4.24. The average molecular weight is 273 g/mol. The lowest BCUT2D eigenvalue weighted by atomic mass is 10.1. The highest BCUT2D eigenvalue weighted by molar-refractivity contribution is 6.01. The first-order valence-corrected chi connectivity index (χ1v) is 6.12. The monoisotopic (exact) mass is 273 g/mol. The molecule has 20 heavy (non-hydrogen) atoms. The molecule has 0 saturated carbocycles. The fourth-order valence-corrected chi connectivity index (χ4v) is 1.68. The Kier molecular flexibility index (Phi) is 4.20. The van der Waals surface area contributed by atoms with Crippen LogP contribution in [-0.2, 0) is 0 Å². The number of hydrogen-bond acceptors (Lipinski definition) is 4. The van der Waals surface area contributed by atoms with E-state index in [0.29, 0.717) is 17.1 Å². The number of carbonyl (C=O) groups is 2. The molecule has 2 rings (SSSR count). The minimum absolute atomic E-state index is 0.0785. The normalized spacial score (nSPS) is 10.1. The lowest BCUT2D eigenvalue weighted by Crippen LogP contribution is -2.29. The molecule has 0 atom stereocenters. The van der Waals surface area contributed by atoms with Crippen LogP contribution in [0, 0.1) is 6.92 Å². The number of ketones is 1. The number of nitrogens with one attached hydrogen (secondary N) is 1. The Hall–Kier alpha value is -2.56. The van der Waals surface area contributed by atoms with Crippen molar-refractivity contribution in [2.75, 3.05) is 13.7 Å². The second kappa shape index (κ2) is 6.06. The third kappa shape index (κ3) is 3.26. The predicted octanol–water partition coefficient (Wildman–Crippen LogP) is 2.21. The number of ether oxygens (including phenoxy) is 1. The maximum atomic E-state index is 11.9. The summed E-state index contributed by atoms with van der Waals surface area (Å²) in [5.41, 5.74) is 0.515. The number of furan rings is 1. The Balaban J connectivity index is 1.92. The van der Waals surface area contributed by atoms with E-state index < -0.39 is 5.91 Å². The third-order valence-electron chi connectivity index (χ3n) is 2.79. The van der Waals surface area contributed by atoms with Gasteiger partial charge in [0.2, 0.25) is 0 Å². The van der Waals surface area contributed by atoms with E-state index in [2.05, 4.69) is 5.32 Å². The highest BCUT2D eigenvalue weighted by atomic mass is 16.5. The predicted molar refractivity (Wildman–Crippen MR) is 73.1 cm³/mol. The van der Waals surface area contributed by atoms with E-state index in [1.54, 1.807) is 50.4 Å². The molecule has 0 saturated heterocycles. The van der Waals surface area contributed by atoms with Gasteiger partial charge in [-0.2, -0.15) is 0 Å². The SMILES string of the molecule is COc1ccc(C(=O)CNC(=O)c2ccc(C)o2)cc1. The number of benzene rings is 1. The van der Waals surface area contributed by atoms with Gasteiger partial charge in [-0.05, 0) is 43.3 Å². The highest BCUT2D eigenvalue weighted by Crippen LogP contribution is 2.11. The summed E-state index contributed by atoms with van der Waals surface area (Å²) < 4.78 is 10.2. The zero-order valence-corrected chi connectivity index (χ0v) is 11.3. The van der Waals surface area contributed by atoms with Crippen molar-refractivity contribution in [1.82, 2.24) is 5.32 Å². The Labute approximate surface area is 116 Å². The molecule has 1 heterocycles. The zero-order valence-electron chi connectivity index (χ0n) is 11.3. The molecule has 1 amide bonds. The van der Waals surface area contributed by atoms with Crippen molar-refractivity contribution >= 4 is 11.7 Å². The van der Waals surface area contributed by atoms with E-state index in [-0.39, 0.29) is 18.1 Å². The summed E-state index contributed by atoms with van der Waals surface area (Å²) >= 11 is 0. The van der Waals surface area contributed by atoms with E-state index in [4.69, 9.17) is 9.15 Å². The summed E-state index contributed by atoms with van der Waals surface area (Å²) in [6.07, 6.45) is 0. The number of carbonyl (C=O) groups excluding carboxylic acids is 2. The molecule has 5 heteroatoms. The Bertz CT molecular complexity index is 613. The van der Waals surface area contributed by atoms with Crippen molar-refractivity contribution in [3.8, 4) is 5.75 Å². The van der Waals surface area contributed by atoms with E-state index in [1.165, 1.54) is 0 Å². The maximum Gasteiger partial charge on any atom is 0.287 e. The number of hydrogen-bond donors (Lipinski definition) is 1. The molecule has 1 aromatic heterocycles. The molecule has 0 spiro atoms. The molecule has 1 N–H and O–H groups in total. The lowest BCUT2D eigenvalue weighted by molar-refractivity contribution is 0.0884. The second-order valence-corrected chi connectivity index (χ2v) is 4.24. The molecule has 0 radical (unpaired) electrons. The van der Waals surface area contributed by atoms with E-state index in [9.17, 15) is 9.59 Å². The summed E-state index contributed by atoms with van der Waals surface area (Å²) in [5.74, 6) is 0.947. The summed E-state index contributed by atoms with van der Waals surface area (Å²) in [5, 5.41) is 2.53. The summed E-state index contributed by atoms with van der Waals surface area (Å²) in [4.78, 5) is 23.6. The Morgan fingerprint density at radius 2 is 1.85 bits per heavy atom. The van der Waals surface area contributed by atoms with Crippen LogP contribution >= 0.6 is 0 Å². The van der Waals surface area contributed by atoms with Crippen molar-refractivity contribution in [3.05, 3.63) is 53.5 Å². The standard InChI is InChI=1S/C15H15NO4/c1-10-3-8-14(20-10)15(18)16-9-13(17)11-4-6-12(19-2)7-5-11/h3-8H,9H2,1-2H3,(H,16,18). The van der Waals surface area contributed by atoms with E-state index in [0.717, 1.165) is 0 Å². The number of methoxy groups -OCH3 is 1. The number of amides is 1. The van der Waals surface area contributed by atoms with Crippen LogP contribution in [0.5, 0.6) is 5.75 Å². The van der Waals surface area contributed by atoms with Crippen molar-refractivity contribution in [1.29, 1.82) is 0 Å². The fourth-order valence-electron chi connectivity index (χ4n) is 1.68. The van der Waals surface area contributed by atoms with Gasteiger partial charge < -0.3 is 14.5 Å². The van der Waals surface area contributed by atoms with Gasteiger partial charge in [0.1, 0.15) is 11.5 Å². The Morgan fingerprint density at radius 1 is 1.15 bits per heavy atom. The van der Waals surface area contributed by atoms with Crippen LogP contribution in [0.3, 0.4) is 0 Å². The molecule has 0 unspecified atom stereocenters. The van der Waals surface area contributed by atoms with Crippen LogP contribution in [0.4, 0.5) is 0 Å². The van der Waals surface area contributed by atoms with Gasteiger partial charge in [-0.25, -0.2) is 0 Å². The van der Waals surface area contributed by atoms with Crippen molar-refractivity contribution in [2.24, 2.45) is 0 Å². The largest absolute Gasteiger partial charge is 0.497 e. The van der Waals surface area contributed by atoms with Crippen LogP contribution in [0.1, 0.15) is 26.7 Å². The first-order valence-electron chi connectivity index (χ1n) is 6.12. The zero-order chi connectivity index (χ0) is 14.5. The van der Waals surface area contributed by atoms with Crippen LogP contribution in [0.15, 0.2) is 40.8 Å². The molecule has 1 aromatic carbocycles. The molecule has 0 bridgehead atoms. The topological polar surface area (TPSA) is 68.5 Å². The van der Waals surface area contributed by atoms with Gasteiger partial charge in [-0.1, -0.05) is 0 Å². The van der Waals surface area contributed by atoms with Gasteiger partial charge in [0.05, 0.1) is 13.7 Å².